The fourth-order valence-electron chi connectivity index (χ4n) is 4.80. The van der Waals surface area contributed by atoms with Crippen LogP contribution in [0, 0.1) is 0 Å². The van der Waals surface area contributed by atoms with Crippen molar-refractivity contribution in [1.82, 2.24) is 4.57 Å². The topological polar surface area (TPSA) is 73.1 Å². The number of hydrogen-bond acceptors (Lipinski definition) is 7. The Bertz CT molecular complexity index is 1950. The molecule has 0 unspecified atom stereocenters. The zero-order chi connectivity index (χ0) is 31.7. The molecule has 2 heterocycles. The molecule has 0 fully saturated rings. The van der Waals surface area contributed by atoms with Crippen LogP contribution in [-0.2, 0) is 16.1 Å². The molecule has 1 aliphatic heterocycles. The molecule has 0 saturated heterocycles. The molecule has 0 amide bonds. The number of ether oxygens (including phenoxy) is 2. The SMILES string of the molecule is CCOC(=O)C1=C(C)N=c2s/c(=C\c3cc(Br)c(OCc4ccc(Cl)cc4Cl)c(Br)c3)c(=O)n2[C@@H]1c1ccc(N(C)C)cc1. The molecule has 228 valence electrons. The van der Waals surface area contributed by atoms with Crippen molar-refractivity contribution in [3.63, 3.8) is 0 Å². The maximum absolute atomic E-state index is 14.0. The summed E-state index contributed by atoms with van der Waals surface area (Å²) in [5.41, 5.74) is 3.95. The second-order valence-corrected chi connectivity index (χ2v) is 13.7. The lowest BCUT2D eigenvalue weighted by atomic mass is 9.95. The van der Waals surface area contributed by atoms with Crippen LogP contribution in [0.2, 0.25) is 10.0 Å². The van der Waals surface area contributed by atoms with Gasteiger partial charge in [0, 0.05) is 35.4 Å². The molecule has 1 aromatic heterocycles. The largest absolute Gasteiger partial charge is 0.486 e. The van der Waals surface area contributed by atoms with Crippen LogP contribution in [-0.4, -0.2) is 31.2 Å². The third-order valence-electron chi connectivity index (χ3n) is 6.95. The van der Waals surface area contributed by atoms with E-state index >= 15 is 0 Å². The van der Waals surface area contributed by atoms with Crippen molar-refractivity contribution in [2.45, 2.75) is 26.5 Å². The number of hydrogen-bond donors (Lipinski definition) is 0. The number of esters is 1. The number of nitrogens with zero attached hydrogens (tertiary/aromatic N) is 3. The third kappa shape index (κ3) is 6.70. The van der Waals surface area contributed by atoms with E-state index in [0.29, 0.717) is 45.3 Å². The van der Waals surface area contributed by atoms with E-state index in [1.54, 1.807) is 36.6 Å². The van der Waals surface area contributed by atoms with Crippen LogP contribution in [0.1, 0.15) is 36.6 Å². The van der Waals surface area contributed by atoms with Crippen molar-refractivity contribution in [1.29, 1.82) is 0 Å². The van der Waals surface area contributed by atoms with Crippen LogP contribution in [0.25, 0.3) is 6.08 Å². The molecular formula is C32H27Br2Cl2N3O4S. The van der Waals surface area contributed by atoms with Crippen LogP contribution in [0.15, 0.2) is 84.6 Å². The standard InChI is InChI=1S/C32H27Br2Cl2N3O4S/c1-5-42-31(41)27-17(2)37-32-39(28(27)19-7-10-22(11-8-19)38(3)4)30(40)26(44-32)14-18-12-23(33)29(24(34)13-18)43-16-20-6-9-21(35)15-25(20)36/h6-15,28H,5,16H2,1-4H3/b26-14-/t28-/m1/s1. The van der Waals surface area contributed by atoms with Crippen molar-refractivity contribution in [2.24, 2.45) is 4.99 Å². The highest BCUT2D eigenvalue weighted by atomic mass is 79.9. The van der Waals surface area contributed by atoms with Gasteiger partial charge in [-0.3, -0.25) is 9.36 Å². The number of benzene rings is 3. The molecule has 0 saturated carbocycles. The zero-order valence-electron chi connectivity index (χ0n) is 24.2. The lowest BCUT2D eigenvalue weighted by molar-refractivity contribution is -0.139. The monoisotopic (exact) mass is 777 g/mol. The Morgan fingerprint density at radius 3 is 2.39 bits per heavy atom. The van der Waals surface area contributed by atoms with E-state index in [2.05, 4.69) is 36.9 Å². The molecule has 1 aliphatic rings. The van der Waals surface area contributed by atoms with Crippen LogP contribution >= 0.6 is 66.4 Å². The van der Waals surface area contributed by atoms with Gasteiger partial charge in [0.05, 0.1) is 37.4 Å². The van der Waals surface area contributed by atoms with Gasteiger partial charge in [-0.25, -0.2) is 9.79 Å². The van der Waals surface area contributed by atoms with Gasteiger partial charge in [0.15, 0.2) is 4.80 Å². The number of thiazole rings is 1. The van der Waals surface area contributed by atoms with Crippen molar-refractivity contribution < 1.29 is 14.3 Å². The van der Waals surface area contributed by atoms with E-state index in [1.165, 1.54) is 11.3 Å². The van der Waals surface area contributed by atoms with Crippen molar-refractivity contribution in [3.05, 3.63) is 121 Å². The van der Waals surface area contributed by atoms with Gasteiger partial charge in [-0.05, 0) is 99.3 Å². The van der Waals surface area contributed by atoms with Gasteiger partial charge >= 0.3 is 5.97 Å². The molecule has 0 radical (unpaired) electrons. The maximum atomic E-state index is 14.0. The smallest absolute Gasteiger partial charge is 0.338 e. The maximum Gasteiger partial charge on any atom is 0.338 e. The average molecular weight is 780 g/mol. The van der Waals surface area contributed by atoms with Gasteiger partial charge in [-0.15, -0.1) is 0 Å². The number of carbonyl (C=O) groups excluding carboxylic acids is 1. The van der Waals surface area contributed by atoms with E-state index < -0.39 is 12.0 Å². The Morgan fingerprint density at radius 1 is 1.09 bits per heavy atom. The highest BCUT2D eigenvalue weighted by Gasteiger charge is 2.33. The molecule has 0 spiro atoms. The van der Waals surface area contributed by atoms with Crippen molar-refractivity contribution in [3.8, 4) is 5.75 Å². The molecule has 1 atom stereocenters. The minimum atomic E-state index is -0.683. The second-order valence-electron chi connectivity index (χ2n) is 10.1. The number of carbonyl (C=O) groups is 1. The summed E-state index contributed by atoms with van der Waals surface area (Å²) in [6.07, 6.45) is 1.80. The van der Waals surface area contributed by atoms with Gasteiger partial charge in [-0.2, -0.15) is 0 Å². The predicted molar refractivity (Wildman–Crippen MR) is 184 cm³/mol. The number of anilines is 1. The highest BCUT2D eigenvalue weighted by molar-refractivity contribution is 9.11. The van der Waals surface area contributed by atoms with Gasteiger partial charge in [0.2, 0.25) is 0 Å². The fourth-order valence-corrected chi connectivity index (χ4v) is 7.76. The molecule has 12 heteroatoms. The first-order chi connectivity index (χ1) is 21.0. The first kappa shape index (κ1) is 32.5. The Morgan fingerprint density at radius 2 is 1.77 bits per heavy atom. The molecule has 0 aliphatic carbocycles. The Balaban J connectivity index is 1.55. The van der Waals surface area contributed by atoms with Gasteiger partial charge in [0.25, 0.3) is 5.56 Å². The molecule has 7 nitrogen and oxygen atoms in total. The normalized spacial score (nSPS) is 14.7. The number of allylic oxidation sites excluding steroid dienone is 1. The molecule has 0 N–H and O–H groups in total. The predicted octanol–water partition coefficient (Wildman–Crippen LogP) is 7.28. The minimum Gasteiger partial charge on any atom is -0.486 e. The lowest BCUT2D eigenvalue weighted by Crippen LogP contribution is -2.39. The van der Waals surface area contributed by atoms with E-state index in [0.717, 1.165) is 22.4 Å². The highest BCUT2D eigenvalue weighted by Crippen LogP contribution is 2.36. The number of halogens is 4. The summed E-state index contributed by atoms with van der Waals surface area (Å²) in [6.45, 7) is 3.98. The molecular weight excluding hydrogens is 753 g/mol. The second kappa shape index (κ2) is 13.6. The zero-order valence-corrected chi connectivity index (χ0v) is 29.7. The summed E-state index contributed by atoms with van der Waals surface area (Å²) in [4.78, 5) is 34.3. The Kier molecular flexibility index (Phi) is 10.1. The van der Waals surface area contributed by atoms with E-state index in [4.69, 9.17) is 32.7 Å². The molecule has 3 aromatic carbocycles. The summed E-state index contributed by atoms with van der Waals surface area (Å²) in [6, 6.07) is 16.1. The molecule has 5 rings (SSSR count). The van der Waals surface area contributed by atoms with Crippen LogP contribution in [0.3, 0.4) is 0 Å². The Hall–Kier alpha value is -2.89. The number of rotatable bonds is 8. The van der Waals surface area contributed by atoms with Gasteiger partial charge in [0.1, 0.15) is 12.4 Å². The van der Waals surface area contributed by atoms with Crippen LogP contribution in [0.4, 0.5) is 5.69 Å². The molecule has 0 bridgehead atoms. The van der Waals surface area contributed by atoms with Gasteiger partial charge < -0.3 is 14.4 Å². The summed E-state index contributed by atoms with van der Waals surface area (Å²) < 4.78 is 14.9. The van der Waals surface area contributed by atoms with Gasteiger partial charge in [-0.1, -0.05) is 52.7 Å². The minimum absolute atomic E-state index is 0.211. The first-order valence-corrected chi connectivity index (χ1v) is 16.7. The Labute approximate surface area is 285 Å². The third-order valence-corrected chi connectivity index (χ3v) is 9.70. The van der Waals surface area contributed by atoms with Crippen LogP contribution < -0.4 is 24.5 Å². The fraction of sp³-hybridized carbons (Fsp3) is 0.219. The summed E-state index contributed by atoms with van der Waals surface area (Å²) in [5.74, 6) is 0.0959. The summed E-state index contributed by atoms with van der Waals surface area (Å²) in [7, 11) is 3.91. The number of fused-ring (bicyclic) bond motifs is 1. The quantitative estimate of drug-likeness (QED) is 0.176. The average Bonchev–Trinajstić information content (AvgIpc) is 3.26. The summed E-state index contributed by atoms with van der Waals surface area (Å²) >= 11 is 20.8. The summed E-state index contributed by atoms with van der Waals surface area (Å²) in [5, 5.41) is 1.07. The van der Waals surface area contributed by atoms with Crippen molar-refractivity contribution in [2.75, 3.05) is 25.6 Å². The van der Waals surface area contributed by atoms with E-state index in [-0.39, 0.29) is 18.8 Å². The first-order valence-electron chi connectivity index (χ1n) is 13.5. The molecule has 4 aromatic rings. The molecule has 44 heavy (non-hydrogen) atoms. The number of aromatic nitrogens is 1. The van der Waals surface area contributed by atoms with Crippen LogP contribution in [0.5, 0.6) is 5.75 Å². The van der Waals surface area contributed by atoms with E-state index in [9.17, 15) is 9.59 Å². The van der Waals surface area contributed by atoms with E-state index in [1.807, 2.05) is 61.5 Å². The van der Waals surface area contributed by atoms with Crippen molar-refractivity contribution >= 4 is 84.1 Å². The lowest BCUT2D eigenvalue weighted by Gasteiger charge is -2.25.